The monoisotopic (exact) mass is 320 g/mol. The van der Waals surface area contributed by atoms with Crippen LogP contribution >= 0.6 is 27.3 Å². The predicted octanol–water partition coefficient (Wildman–Crippen LogP) is 3.53. The first-order valence-electron chi connectivity index (χ1n) is 5.24. The van der Waals surface area contributed by atoms with Crippen molar-refractivity contribution in [3.63, 3.8) is 0 Å². The summed E-state index contributed by atoms with van der Waals surface area (Å²) >= 11 is 4.86. The maximum absolute atomic E-state index is 5.59. The SMILES string of the molecule is Nc1nc(/C=C/c2c[nH]c3ncc(Br)cc23)cs1. The summed E-state index contributed by atoms with van der Waals surface area (Å²) in [5.74, 6) is 0. The van der Waals surface area contributed by atoms with Crippen LogP contribution in [0.1, 0.15) is 11.3 Å². The molecular weight excluding hydrogens is 312 g/mol. The van der Waals surface area contributed by atoms with Crippen molar-refractivity contribution in [3.8, 4) is 0 Å². The summed E-state index contributed by atoms with van der Waals surface area (Å²) in [5.41, 5.74) is 8.40. The summed E-state index contributed by atoms with van der Waals surface area (Å²) in [6.07, 6.45) is 7.64. The van der Waals surface area contributed by atoms with Gasteiger partial charge in [0, 0.05) is 33.2 Å². The van der Waals surface area contributed by atoms with E-state index in [1.807, 2.05) is 29.8 Å². The van der Waals surface area contributed by atoms with E-state index in [4.69, 9.17) is 5.73 Å². The van der Waals surface area contributed by atoms with Crippen LogP contribution in [0.5, 0.6) is 0 Å². The number of nitrogens with one attached hydrogen (secondary N) is 1. The Morgan fingerprint density at radius 1 is 1.39 bits per heavy atom. The quantitative estimate of drug-likeness (QED) is 0.759. The lowest BCUT2D eigenvalue weighted by atomic mass is 10.2. The Balaban J connectivity index is 1.99. The Morgan fingerprint density at radius 2 is 2.28 bits per heavy atom. The number of thiazole rings is 1. The fourth-order valence-electron chi connectivity index (χ4n) is 1.69. The number of hydrogen-bond donors (Lipinski definition) is 2. The molecule has 3 N–H and O–H groups in total. The van der Waals surface area contributed by atoms with E-state index in [-0.39, 0.29) is 0 Å². The minimum Gasteiger partial charge on any atom is -0.375 e. The number of H-pyrrole nitrogens is 1. The fraction of sp³-hybridized carbons (Fsp3) is 0. The largest absolute Gasteiger partial charge is 0.375 e. The summed E-state index contributed by atoms with van der Waals surface area (Å²) in [6.45, 7) is 0. The lowest BCUT2D eigenvalue weighted by Crippen LogP contribution is -1.81. The van der Waals surface area contributed by atoms with Crippen molar-refractivity contribution in [2.45, 2.75) is 0 Å². The minimum absolute atomic E-state index is 0.581. The summed E-state index contributed by atoms with van der Waals surface area (Å²) in [5, 5.41) is 3.58. The molecule has 0 atom stereocenters. The molecule has 4 nitrogen and oxygen atoms in total. The highest BCUT2D eigenvalue weighted by atomic mass is 79.9. The van der Waals surface area contributed by atoms with E-state index >= 15 is 0 Å². The number of nitrogens with two attached hydrogens (primary N) is 1. The van der Waals surface area contributed by atoms with Crippen molar-refractivity contribution in [2.24, 2.45) is 0 Å². The second-order valence-electron chi connectivity index (χ2n) is 3.74. The number of hydrogen-bond acceptors (Lipinski definition) is 4. The molecule has 0 aliphatic rings. The highest BCUT2D eigenvalue weighted by molar-refractivity contribution is 9.10. The number of nitrogens with zero attached hydrogens (tertiary/aromatic N) is 2. The zero-order chi connectivity index (χ0) is 12.5. The van der Waals surface area contributed by atoms with Crippen LogP contribution in [0, 0.1) is 0 Å². The van der Waals surface area contributed by atoms with E-state index in [0.717, 1.165) is 26.8 Å². The van der Waals surface area contributed by atoms with Gasteiger partial charge in [-0.05, 0) is 28.1 Å². The first-order chi connectivity index (χ1) is 8.72. The molecule has 3 rings (SSSR count). The molecule has 0 amide bonds. The van der Waals surface area contributed by atoms with Crippen LogP contribution in [0.2, 0.25) is 0 Å². The Kier molecular flexibility index (Phi) is 2.89. The van der Waals surface area contributed by atoms with Gasteiger partial charge in [0.15, 0.2) is 5.13 Å². The van der Waals surface area contributed by atoms with Gasteiger partial charge in [0.05, 0.1) is 5.69 Å². The van der Waals surface area contributed by atoms with Gasteiger partial charge < -0.3 is 10.7 Å². The topological polar surface area (TPSA) is 67.6 Å². The van der Waals surface area contributed by atoms with Crippen LogP contribution in [0.4, 0.5) is 5.13 Å². The highest BCUT2D eigenvalue weighted by Gasteiger charge is 2.02. The van der Waals surface area contributed by atoms with Crippen LogP contribution in [-0.4, -0.2) is 15.0 Å². The summed E-state index contributed by atoms with van der Waals surface area (Å²) in [6, 6.07) is 2.04. The standard InChI is InChI=1S/C12H9BrN4S/c13-8-3-10-7(4-15-11(10)16-5-8)1-2-9-6-18-12(14)17-9/h1-6H,(H2,14,17)(H,15,16)/b2-1+. The second-order valence-corrected chi connectivity index (χ2v) is 5.54. The van der Waals surface area contributed by atoms with E-state index < -0.39 is 0 Å². The third kappa shape index (κ3) is 2.16. The molecule has 90 valence electrons. The number of aromatic nitrogens is 3. The van der Waals surface area contributed by atoms with Crippen molar-refractivity contribution in [2.75, 3.05) is 5.73 Å². The van der Waals surface area contributed by atoms with Gasteiger partial charge in [0.2, 0.25) is 0 Å². The van der Waals surface area contributed by atoms with Gasteiger partial charge in [-0.15, -0.1) is 11.3 Å². The van der Waals surface area contributed by atoms with Crippen LogP contribution < -0.4 is 5.73 Å². The van der Waals surface area contributed by atoms with E-state index in [9.17, 15) is 0 Å². The fourth-order valence-corrected chi connectivity index (χ4v) is 2.55. The molecule has 0 aliphatic carbocycles. The van der Waals surface area contributed by atoms with Gasteiger partial charge in [0.25, 0.3) is 0 Å². The van der Waals surface area contributed by atoms with Crippen LogP contribution in [-0.2, 0) is 0 Å². The average molecular weight is 321 g/mol. The molecule has 6 heteroatoms. The van der Waals surface area contributed by atoms with Crippen LogP contribution in [0.15, 0.2) is 28.3 Å². The Bertz CT molecular complexity index is 729. The molecule has 0 radical (unpaired) electrons. The molecule has 0 bridgehead atoms. The van der Waals surface area contributed by atoms with Gasteiger partial charge in [-0.3, -0.25) is 0 Å². The number of pyridine rings is 1. The zero-order valence-corrected chi connectivity index (χ0v) is 11.6. The third-order valence-corrected chi connectivity index (χ3v) is 3.63. The zero-order valence-electron chi connectivity index (χ0n) is 9.22. The molecule has 3 aromatic heterocycles. The van der Waals surface area contributed by atoms with Crippen molar-refractivity contribution in [3.05, 3.63) is 39.6 Å². The van der Waals surface area contributed by atoms with Crippen molar-refractivity contribution in [1.82, 2.24) is 15.0 Å². The number of aromatic amines is 1. The maximum atomic E-state index is 5.59. The molecule has 0 aromatic carbocycles. The van der Waals surface area contributed by atoms with E-state index in [1.54, 1.807) is 6.20 Å². The number of anilines is 1. The summed E-state index contributed by atoms with van der Waals surface area (Å²) < 4.78 is 0.960. The van der Waals surface area contributed by atoms with E-state index in [0.29, 0.717) is 5.13 Å². The van der Waals surface area contributed by atoms with Gasteiger partial charge in [0.1, 0.15) is 5.65 Å². The number of fused-ring (bicyclic) bond motifs is 1. The Hall–Kier alpha value is -1.66. The third-order valence-electron chi connectivity index (χ3n) is 2.50. The average Bonchev–Trinajstić information content (AvgIpc) is 2.93. The molecule has 0 saturated carbocycles. The number of rotatable bonds is 2. The first-order valence-corrected chi connectivity index (χ1v) is 6.91. The summed E-state index contributed by atoms with van der Waals surface area (Å²) in [4.78, 5) is 11.6. The van der Waals surface area contributed by atoms with Gasteiger partial charge in [-0.25, -0.2) is 9.97 Å². The normalized spacial score (nSPS) is 11.6. The van der Waals surface area contributed by atoms with Crippen LogP contribution in [0.3, 0.4) is 0 Å². The molecule has 0 saturated heterocycles. The van der Waals surface area contributed by atoms with E-state index in [2.05, 4.69) is 30.9 Å². The molecule has 0 spiro atoms. The molecule has 0 fully saturated rings. The molecule has 3 aromatic rings. The lowest BCUT2D eigenvalue weighted by Gasteiger charge is -1.92. The molecule has 0 unspecified atom stereocenters. The van der Waals surface area contributed by atoms with Crippen molar-refractivity contribution >= 4 is 55.6 Å². The minimum atomic E-state index is 0.581. The highest BCUT2D eigenvalue weighted by Crippen LogP contribution is 2.22. The predicted molar refractivity (Wildman–Crippen MR) is 79.2 cm³/mol. The first kappa shape index (κ1) is 11.4. The Labute approximate surface area is 116 Å². The molecule has 18 heavy (non-hydrogen) atoms. The van der Waals surface area contributed by atoms with Gasteiger partial charge in [-0.2, -0.15) is 0 Å². The number of halogens is 1. The second kappa shape index (κ2) is 4.55. The number of nitrogen functional groups attached to an aromatic ring is 1. The smallest absolute Gasteiger partial charge is 0.180 e. The summed E-state index contributed by atoms with van der Waals surface area (Å²) in [7, 11) is 0. The van der Waals surface area contributed by atoms with Crippen molar-refractivity contribution < 1.29 is 0 Å². The van der Waals surface area contributed by atoms with Crippen LogP contribution in [0.25, 0.3) is 23.2 Å². The van der Waals surface area contributed by atoms with Gasteiger partial charge >= 0.3 is 0 Å². The molecular formula is C12H9BrN4S. The van der Waals surface area contributed by atoms with Crippen molar-refractivity contribution in [1.29, 1.82) is 0 Å². The maximum Gasteiger partial charge on any atom is 0.180 e. The molecule has 3 heterocycles. The Morgan fingerprint density at radius 3 is 3.06 bits per heavy atom. The molecule has 0 aliphatic heterocycles. The lowest BCUT2D eigenvalue weighted by molar-refractivity contribution is 1.31. The van der Waals surface area contributed by atoms with Gasteiger partial charge in [-0.1, -0.05) is 6.08 Å². The van der Waals surface area contributed by atoms with E-state index in [1.165, 1.54) is 11.3 Å².